The van der Waals surface area contributed by atoms with Gasteiger partial charge in [-0.2, -0.15) is 13.2 Å². The van der Waals surface area contributed by atoms with Crippen LogP contribution in [0.2, 0.25) is 0 Å². The minimum atomic E-state index is -4.21. The normalized spacial score (nSPS) is 14.2. The van der Waals surface area contributed by atoms with Crippen molar-refractivity contribution in [1.82, 2.24) is 0 Å². The Morgan fingerprint density at radius 2 is 1.75 bits per heavy atom. The maximum Gasteiger partial charge on any atom is 0.416 e. The van der Waals surface area contributed by atoms with E-state index < -0.39 is 11.7 Å². The van der Waals surface area contributed by atoms with Crippen molar-refractivity contribution in [1.29, 1.82) is 0 Å². The molecule has 0 fully saturated rings. The third kappa shape index (κ3) is 4.21. The van der Waals surface area contributed by atoms with Gasteiger partial charge in [-0.3, -0.25) is 0 Å². The van der Waals surface area contributed by atoms with Gasteiger partial charge in [0, 0.05) is 0 Å². The fourth-order valence-corrected chi connectivity index (χ4v) is 0.743. The Kier molecular flexibility index (Phi) is 4.71. The average molecular weight is 178 g/mol. The molecule has 0 saturated carbocycles. The minimum Gasteiger partial charge on any atom is -0.166 e. The predicted molar refractivity (Wildman–Crippen MR) is 43.9 cm³/mol. The fraction of sp³-hybridized carbons (Fsp3) is 0.556. The molecule has 0 saturated heterocycles. The van der Waals surface area contributed by atoms with Gasteiger partial charge in [-0.1, -0.05) is 32.1 Å². The number of allylic oxidation sites excluding steroid dienone is 4. The van der Waals surface area contributed by atoms with Gasteiger partial charge in [-0.25, -0.2) is 0 Å². The molecule has 0 aliphatic heterocycles. The summed E-state index contributed by atoms with van der Waals surface area (Å²) in [4.78, 5) is 0. The van der Waals surface area contributed by atoms with Crippen molar-refractivity contribution in [2.45, 2.75) is 32.9 Å². The van der Waals surface area contributed by atoms with Gasteiger partial charge in [-0.05, 0) is 12.8 Å². The summed E-state index contributed by atoms with van der Waals surface area (Å²) in [6, 6.07) is 0. The van der Waals surface area contributed by atoms with Crippen LogP contribution in [0.1, 0.15) is 26.7 Å². The molecule has 0 unspecified atom stereocenters. The molecule has 0 radical (unpaired) electrons. The van der Waals surface area contributed by atoms with Crippen LogP contribution in [0.5, 0.6) is 0 Å². The first-order chi connectivity index (χ1) is 5.52. The number of alkyl halides is 3. The predicted octanol–water partition coefficient (Wildman–Crippen LogP) is 3.85. The molecule has 0 heterocycles. The van der Waals surface area contributed by atoms with Gasteiger partial charge < -0.3 is 0 Å². The molecule has 0 bridgehead atoms. The lowest BCUT2D eigenvalue weighted by Crippen LogP contribution is -2.09. The highest BCUT2D eigenvalue weighted by atomic mass is 19.4. The molecule has 12 heavy (non-hydrogen) atoms. The van der Waals surface area contributed by atoms with Gasteiger partial charge in [-0.15, -0.1) is 0 Å². The zero-order valence-corrected chi connectivity index (χ0v) is 7.28. The van der Waals surface area contributed by atoms with Crippen molar-refractivity contribution in [2.75, 3.05) is 0 Å². The van der Waals surface area contributed by atoms with E-state index in [1.54, 1.807) is 13.8 Å². The molecule has 0 aliphatic carbocycles. The summed E-state index contributed by atoms with van der Waals surface area (Å²) in [6.45, 7) is 3.49. The molecule has 0 atom stereocenters. The molecule has 0 N–H and O–H groups in total. The number of hydrogen-bond donors (Lipinski definition) is 0. The molecular formula is C9H13F3. The molecule has 0 rings (SSSR count). The molecule has 0 spiro atoms. The minimum absolute atomic E-state index is 0.406. The Hall–Kier alpha value is -0.730. The third-order valence-electron chi connectivity index (χ3n) is 1.28. The van der Waals surface area contributed by atoms with Crippen LogP contribution >= 0.6 is 0 Å². The Bertz CT molecular complexity index is 175. The van der Waals surface area contributed by atoms with Crippen molar-refractivity contribution in [3.63, 3.8) is 0 Å². The summed E-state index contributed by atoms with van der Waals surface area (Å²) in [5, 5.41) is 0. The second-order valence-electron chi connectivity index (χ2n) is 2.38. The highest BCUT2D eigenvalue weighted by molar-refractivity contribution is 5.23. The van der Waals surface area contributed by atoms with Crippen LogP contribution in [0, 0.1) is 0 Å². The second-order valence-corrected chi connectivity index (χ2v) is 2.38. The molecule has 0 aromatic carbocycles. The Labute approximate surface area is 70.8 Å². The van der Waals surface area contributed by atoms with Crippen molar-refractivity contribution < 1.29 is 13.2 Å². The molecule has 0 amide bonds. The quantitative estimate of drug-likeness (QED) is 0.576. The highest BCUT2D eigenvalue weighted by Gasteiger charge is 2.30. The zero-order chi connectivity index (χ0) is 9.61. The molecule has 70 valence electrons. The van der Waals surface area contributed by atoms with Crippen LogP contribution in [0.4, 0.5) is 13.2 Å². The van der Waals surface area contributed by atoms with Gasteiger partial charge in [0.25, 0.3) is 0 Å². The lowest BCUT2D eigenvalue weighted by Gasteiger charge is -2.06. The van der Waals surface area contributed by atoms with Crippen LogP contribution < -0.4 is 0 Å². The summed E-state index contributed by atoms with van der Waals surface area (Å²) < 4.78 is 36.3. The summed E-state index contributed by atoms with van der Waals surface area (Å²) in [7, 11) is 0. The van der Waals surface area contributed by atoms with Gasteiger partial charge in [0.05, 0.1) is 5.57 Å². The fourth-order valence-electron chi connectivity index (χ4n) is 0.743. The van der Waals surface area contributed by atoms with E-state index in [-0.39, 0.29) is 0 Å². The second kappa shape index (κ2) is 5.01. The van der Waals surface area contributed by atoms with E-state index in [2.05, 4.69) is 0 Å². The number of rotatable bonds is 3. The molecule has 0 aromatic rings. The first kappa shape index (κ1) is 11.3. The zero-order valence-electron chi connectivity index (χ0n) is 7.28. The van der Waals surface area contributed by atoms with E-state index in [1.165, 1.54) is 12.2 Å². The third-order valence-corrected chi connectivity index (χ3v) is 1.28. The summed E-state index contributed by atoms with van der Waals surface area (Å²) in [5.41, 5.74) is -0.549. The lowest BCUT2D eigenvalue weighted by atomic mass is 10.2. The van der Waals surface area contributed by atoms with E-state index in [1.807, 2.05) is 0 Å². The Morgan fingerprint density at radius 1 is 1.17 bits per heavy atom. The van der Waals surface area contributed by atoms with Crippen LogP contribution in [-0.4, -0.2) is 6.18 Å². The molecular weight excluding hydrogens is 165 g/mol. The number of halogens is 3. The lowest BCUT2D eigenvalue weighted by molar-refractivity contribution is -0.0884. The van der Waals surface area contributed by atoms with E-state index in [0.29, 0.717) is 12.8 Å². The topological polar surface area (TPSA) is 0 Å². The smallest absolute Gasteiger partial charge is 0.166 e. The maximum atomic E-state index is 12.1. The van der Waals surface area contributed by atoms with Gasteiger partial charge in [0.15, 0.2) is 0 Å². The average Bonchev–Trinajstić information content (AvgIpc) is 1.95. The highest BCUT2D eigenvalue weighted by Crippen LogP contribution is 2.26. The Balaban J connectivity index is 4.46. The van der Waals surface area contributed by atoms with Gasteiger partial charge >= 0.3 is 6.18 Å². The monoisotopic (exact) mass is 178 g/mol. The SMILES string of the molecule is CC/C=C/C(=C\CC)C(F)(F)F. The van der Waals surface area contributed by atoms with Crippen molar-refractivity contribution in [3.05, 3.63) is 23.8 Å². The molecule has 0 nitrogen and oxygen atoms in total. The van der Waals surface area contributed by atoms with E-state index >= 15 is 0 Å². The van der Waals surface area contributed by atoms with E-state index in [0.717, 1.165) is 6.08 Å². The molecule has 0 aromatic heterocycles. The standard InChI is InChI=1S/C9H13F3/c1-3-5-7-8(6-4-2)9(10,11)12/h5-7H,3-4H2,1-2H3/b7-5+,8-6+. The summed E-state index contributed by atoms with van der Waals surface area (Å²) in [6.07, 6.45) is 0.645. The first-order valence-electron chi connectivity index (χ1n) is 3.96. The van der Waals surface area contributed by atoms with Crippen molar-refractivity contribution in [3.8, 4) is 0 Å². The summed E-state index contributed by atoms with van der Waals surface area (Å²) in [5.74, 6) is 0. The first-order valence-corrected chi connectivity index (χ1v) is 3.96. The van der Waals surface area contributed by atoms with E-state index in [4.69, 9.17) is 0 Å². The van der Waals surface area contributed by atoms with Crippen molar-refractivity contribution >= 4 is 0 Å². The van der Waals surface area contributed by atoms with Gasteiger partial charge in [0.2, 0.25) is 0 Å². The Morgan fingerprint density at radius 3 is 2.08 bits per heavy atom. The molecule has 3 heteroatoms. The van der Waals surface area contributed by atoms with Crippen LogP contribution in [0.15, 0.2) is 23.8 Å². The van der Waals surface area contributed by atoms with Crippen LogP contribution in [0.3, 0.4) is 0 Å². The van der Waals surface area contributed by atoms with E-state index in [9.17, 15) is 13.2 Å². The van der Waals surface area contributed by atoms with Gasteiger partial charge in [0.1, 0.15) is 0 Å². The molecule has 0 aliphatic rings. The van der Waals surface area contributed by atoms with Crippen molar-refractivity contribution in [2.24, 2.45) is 0 Å². The van der Waals surface area contributed by atoms with Crippen LogP contribution in [0.25, 0.3) is 0 Å². The number of hydrogen-bond acceptors (Lipinski definition) is 0. The summed E-state index contributed by atoms with van der Waals surface area (Å²) >= 11 is 0. The maximum absolute atomic E-state index is 12.1. The van der Waals surface area contributed by atoms with Crippen LogP contribution in [-0.2, 0) is 0 Å². The largest absolute Gasteiger partial charge is 0.416 e.